The van der Waals surface area contributed by atoms with Gasteiger partial charge in [0.1, 0.15) is 0 Å². The second-order valence-electron chi connectivity index (χ2n) is 3.79. The van der Waals surface area contributed by atoms with Gasteiger partial charge in [-0.2, -0.15) is 0 Å². The minimum Gasteiger partial charge on any atom is -0.436 e. The monoisotopic (exact) mass is 232 g/mol. The third-order valence-corrected chi connectivity index (χ3v) is 2.00. The van der Waals surface area contributed by atoms with Crippen LogP contribution in [0.3, 0.4) is 0 Å². The van der Waals surface area contributed by atoms with Gasteiger partial charge in [-0.3, -0.25) is 9.63 Å². The van der Waals surface area contributed by atoms with Gasteiger partial charge in [-0.15, -0.1) is 0 Å². The van der Waals surface area contributed by atoms with E-state index in [4.69, 9.17) is 9.57 Å². The molecule has 0 aromatic heterocycles. The van der Waals surface area contributed by atoms with Crippen molar-refractivity contribution < 1.29 is 19.2 Å². The minimum atomic E-state index is -0.815. The van der Waals surface area contributed by atoms with E-state index in [2.05, 4.69) is 5.32 Å². The molecule has 0 heterocycles. The number of alkyl carbamates (subject to hydrolysis) is 1. The van der Waals surface area contributed by atoms with Crippen molar-refractivity contribution in [3.8, 4) is 0 Å². The largest absolute Gasteiger partial charge is 0.436 e. The summed E-state index contributed by atoms with van der Waals surface area (Å²) in [7, 11) is 4.30. The summed E-state index contributed by atoms with van der Waals surface area (Å²) in [4.78, 5) is 27.6. The maximum atomic E-state index is 11.8. The van der Waals surface area contributed by atoms with Crippen LogP contribution in [0, 0.1) is 5.92 Å². The standard InChI is InChI=1S/C10H20N2O4/c1-7(2)6-8(16-10(14)11-3)9(13)12(4)15-5/h7-8H,6H2,1-5H3,(H,11,14). The number of rotatable bonds is 5. The van der Waals surface area contributed by atoms with Crippen LogP contribution in [0.25, 0.3) is 0 Å². The van der Waals surface area contributed by atoms with Crippen LogP contribution in [0.2, 0.25) is 0 Å². The summed E-state index contributed by atoms with van der Waals surface area (Å²) in [6.45, 7) is 3.89. The van der Waals surface area contributed by atoms with Gasteiger partial charge < -0.3 is 10.1 Å². The molecule has 0 fully saturated rings. The fourth-order valence-corrected chi connectivity index (χ4v) is 1.11. The van der Waals surface area contributed by atoms with Gasteiger partial charge in [0.15, 0.2) is 6.10 Å². The van der Waals surface area contributed by atoms with Crippen molar-refractivity contribution in [2.75, 3.05) is 21.2 Å². The van der Waals surface area contributed by atoms with Crippen molar-refractivity contribution in [2.45, 2.75) is 26.4 Å². The molecule has 0 radical (unpaired) electrons. The average Bonchev–Trinajstić information content (AvgIpc) is 2.25. The number of hydrogen-bond donors (Lipinski definition) is 1. The van der Waals surface area contributed by atoms with Crippen LogP contribution in [0.5, 0.6) is 0 Å². The molecular formula is C10H20N2O4. The first-order valence-corrected chi connectivity index (χ1v) is 5.12. The topological polar surface area (TPSA) is 67.9 Å². The molecule has 16 heavy (non-hydrogen) atoms. The van der Waals surface area contributed by atoms with E-state index in [1.807, 2.05) is 13.8 Å². The van der Waals surface area contributed by atoms with Gasteiger partial charge >= 0.3 is 6.09 Å². The Labute approximate surface area is 95.8 Å². The molecule has 1 atom stereocenters. The maximum Gasteiger partial charge on any atom is 0.407 e. The molecule has 6 nitrogen and oxygen atoms in total. The van der Waals surface area contributed by atoms with Gasteiger partial charge in [-0.1, -0.05) is 13.8 Å². The highest BCUT2D eigenvalue weighted by Gasteiger charge is 2.26. The molecule has 0 saturated heterocycles. The molecule has 0 bridgehead atoms. The van der Waals surface area contributed by atoms with Crippen LogP contribution < -0.4 is 5.32 Å². The van der Waals surface area contributed by atoms with E-state index >= 15 is 0 Å². The van der Waals surface area contributed by atoms with E-state index < -0.39 is 12.2 Å². The minimum absolute atomic E-state index is 0.240. The van der Waals surface area contributed by atoms with Gasteiger partial charge in [0.05, 0.1) is 7.11 Å². The highest BCUT2D eigenvalue weighted by atomic mass is 16.7. The average molecular weight is 232 g/mol. The summed E-state index contributed by atoms with van der Waals surface area (Å²) in [6, 6.07) is 0. The summed E-state index contributed by atoms with van der Waals surface area (Å²) in [6.07, 6.45) is -0.978. The van der Waals surface area contributed by atoms with Gasteiger partial charge in [0, 0.05) is 14.1 Å². The predicted molar refractivity (Wildman–Crippen MR) is 58.6 cm³/mol. The fraction of sp³-hybridized carbons (Fsp3) is 0.800. The predicted octanol–water partition coefficient (Wildman–Crippen LogP) is 0.777. The van der Waals surface area contributed by atoms with E-state index in [0.29, 0.717) is 6.42 Å². The molecule has 94 valence electrons. The summed E-state index contributed by atoms with van der Waals surface area (Å²) in [5.41, 5.74) is 0. The van der Waals surface area contributed by atoms with E-state index in [1.54, 1.807) is 0 Å². The highest BCUT2D eigenvalue weighted by molar-refractivity contribution is 5.82. The van der Waals surface area contributed by atoms with E-state index in [-0.39, 0.29) is 11.8 Å². The molecule has 1 unspecified atom stereocenters. The zero-order chi connectivity index (χ0) is 12.7. The molecule has 0 aliphatic heterocycles. The molecule has 0 saturated carbocycles. The Hall–Kier alpha value is -1.30. The number of nitrogens with zero attached hydrogens (tertiary/aromatic N) is 1. The summed E-state index contributed by atoms with van der Waals surface area (Å²) < 4.78 is 4.97. The quantitative estimate of drug-likeness (QED) is 0.711. The second-order valence-corrected chi connectivity index (χ2v) is 3.79. The number of amides is 2. The van der Waals surface area contributed by atoms with E-state index in [1.165, 1.54) is 21.2 Å². The third kappa shape index (κ3) is 4.97. The van der Waals surface area contributed by atoms with Crippen LogP contribution in [0.4, 0.5) is 4.79 Å². The van der Waals surface area contributed by atoms with E-state index in [9.17, 15) is 9.59 Å². The normalized spacial score (nSPS) is 12.1. The lowest BCUT2D eigenvalue weighted by atomic mass is 10.1. The Bertz CT molecular complexity index is 243. The zero-order valence-corrected chi connectivity index (χ0v) is 10.4. The van der Waals surface area contributed by atoms with Crippen molar-refractivity contribution in [3.05, 3.63) is 0 Å². The number of hydrogen-bond acceptors (Lipinski definition) is 4. The number of carbonyl (C=O) groups is 2. The number of hydroxylamine groups is 2. The van der Waals surface area contributed by atoms with Crippen LogP contribution in [0.15, 0.2) is 0 Å². The smallest absolute Gasteiger partial charge is 0.407 e. The van der Waals surface area contributed by atoms with Crippen LogP contribution in [-0.4, -0.2) is 44.4 Å². The lowest BCUT2D eigenvalue weighted by molar-refractivity contribution is -0.178. The molecule has 1 N–H and O–H groups in total. The van der Waals surface area contributed by atoms with Gasteiger partial charge in [0.2, 0.25) is 0 Å². The zero-order valence-electron chi connectivity index (χ0n) is 10.4. The summed E-state index contributed by atoms with van der Waals surface area (Å²) in [5, 5.41) is 3.36. The number of nitrogens with one attached hydrogen (secondary N) is 1. The summed E-state index contributed by atoms with van der Waals surface area (Å²) >= 11 is 0. The molecule has 2 amide bonds. The van der Waals surface area contributed by atoms with Crippen molar-refractivity contribution >= 4 is 12.0 Å². The highest BCUT2D eigenvalue weighted by Crippen LogP contribution is 2.11. The molecule has 6 heteroatoms. The Morgan fingerprint density at radius 1 is 1.38 bits per heavy atom. The lowest BCUT2D eigenvalue weighted by Gasteiger charge is -2.22. The van der Waals surface area contributed by atoms with Crippen molar-refractivity contribution in [2.24, 2.45) is 5.92 Å². The van der Waals surface area contributed by atoms with Crippen molar-refractivity contribution in [1.29, 1.82) is 0 Å². The SMILES string of the molecule is CNC(=O)OC(CC(C)C)C(=O)N(C)OC. The Balaban J connectivity index is 4.52. The summed E-state index contributed by atoms with van der Waals surface area (Å²) in [5.74, 6) is -0.135. The van der Waals surface area contributed by atoms with E-state index in [0.717, 1.165) is 5.06 Å². The number of carbonyl (C=O) groups excluding carboxylic acids is 2. The number of likely N-dealkylation sites (N-methyl/N-ethyl adjacent to an activating group) is 1. The second kappa shape index (κ2) is 7.05. The van der Waals surface area contributed by atoms with Crippen LogP contribution in [0.1, 0.15) is 20.3 Å². The molecule has 0 aromatic rings. The molecule has 0 aliphatic rings. The first-order valence-electron chi connectivity index (χ1n) is 5.12. The van der Waals surface area contributed by atoms with Crippen LogP contribution in [-0.2, 0) is 14.4 Å². The van der Waals surface area contributed by atoms with Crippen molar-refractivity contribution in [1.82, 2.24) is 10.4 Å². The first kappa shape index (κ1) is 14.7. The Kier molecular flexibility index (Phi) is 6.48. The van der Waals surface area contributed by atoms with Gasteiger partial charge in [-0.25, -0.2) is 9.86 Å². The fourth-order valence-electron chi connectivity index (χ4n) is 1.11. The Morgan fingerprint density at radius 2 is 1.94 bits per heavy atom. The molecule has 0 aliphatic carbocycles. The molecular weight excluding hydrogens is 212 g/mol. The molecule has 0 aromatic carbocycles. The maximum absolute atomic E-state index is 11.8. The molecule has 0 rings (SSSR count). The number of ether oxygens (including phenoxy) is 1. The van der Waals surface area contributed by atoms with Gasteiger partial charge in [0.25, 0.3) is 5.91 Å². The van der Waals surface area contributed by atoms with Crippen molar-refractivity contribution in [3.63, 3.8) is 0 Å². The Morgan fingerprint density at radius 3 is 2.31 bits per heavy atom. The van der Waals surface area contributed by atoms with Crippen LogP contribution >= 0.6 is 0 Å². The first-order chi connectivity index (χ1) is 7.42. The lowest BCUT2D eigenvalue weighted by Crippen LogP contribution is -2.40. The third-order valence-electron chi connectivity index (χ3n) is 2.00. The molecule has 0 spiro atoms. The van der Waals surface area contributed by atoms with Gasteiger partial charge in [-0.05, 0) is 12.3 Å².